The van der Waals surface area contributed by atoms with Crippen LogP contribution in [0.1, 0.15) is 79.2 Å². The minimum atomic E-state index is 0.0148. The molecule has 0 aliphatic carbocycles. The highest BCUT2D eigenvalue weighted by Crippen LogP contribution is 2.38. The summed E-state index contributed by atoms with van der Waals surface area (Å²) < 4.78 is 5.92. The fourth-order valence-electron chi connectivity index (χ4n) is 4.01. The molecular formula is C26H41NO3. The monoisotopic (exact) mass is 415 g/mol. The van der Waals surface area contributed by atoms with E-state index in [0.29, 0.717) is 29.3 Å². The summed E-state index contributed by atoms with van der Waals surface area (Å²) in [5, 5.41) is 10.3. The fraction of sp³-hybridized carbons (Fsp3) is 0.654. The SMILES string of the molecule is CC(CC(C)(C)C)C(C)(C)CCOc1ccc(/C=C/C(=O)N2CCCCC2)c(O)c1. The summed E-state index contributed by atoms with van der Waals surface area (Å²) in [7, 11) is 0. The van der Waals surface area contributed by atoms with Gasteiger partial charge in [-0.25, -0.2) is 0 Å². The van der Waals surface area contributed by atoms with Gasteiger partial charge < -0.3 is 14.7 Å². The first-order valence-electron chi connectivity index (χ1n) is 11.4. The molecule has 0 radical (unpaired) electrons. The molecule has 1 saturated heterocycles. The quantitative estimate of drug-likeness (QED) is 0.508. The van der Waals surface area contributed by atoms with Gasteiger partial charge in [-0.3, -0.25) is 4.79 Å². The Hall–Kier alpha value is -1.97. The number of benzene rings is 1. The minimum Gasteiger partial charge on any atom is -0.507 e. The number of piperidine rings is 1. The molecule has 0 bridgehead atoms. The van der Waals surface area contributed by atoms with E-state index in [-0.39, 0.29) is 17.1 Å². The largest absolute Gasteiger partial charge is 0.507 e. The molecule has 1 aliphatic rings. The molecular weight excluding hydrogens is 374 g/mol. The van der Waals surface area contributed by atoms with Gasteiger partial charge in [-0.2, -0.15) is 0 Å². The Morgan fingerprint density at radius 2 is 1.83 bits per heavy atom. The van der Waals surface area contributed by atoms with E-state index in [1.165, 1.54) is 12.8 Å². The van der Waals surface area contributed by atoms with Gasteiger partial charge in [-0.15, -0.1) is 0 Å². The third-order valence-electron chi connectivity index (χ3n) is 6.34. The fourth-order valence-corrected chi connectivity index (χ4v) is 4.01. The van der Waals surface area contributed by atoms with Gasteiger partial charge in [0.15, 0.2) is 0 Å². The molecule has 1 heterocycles. The molecule has 1 unspecified atom stereocenters. The van der Waals surface area contributed by atoms with Crippen molar-refractivity contribution >= 4 is 12.0 Å². The summed E-state index contributed by atoms with van der Waals surface area (Å²) in [6.07, 6.45) is 8.72. The van der Waals surface area contributed by atoms with Crippen molar-refractivity contribution in [3.63, 3.8) is 0 Å². The molecule has 4 heteroatoms. The number of phenols is 1. The number of likely N-dealkylation sites (tertiary alicyclic amines) is 1. The van der Waals surface area contributed by atoms with Crippen LogP contribution >= 0.6 is 0 Å². The summed E-state index contributed by atoms with van der Waals surface area (Å²) in [6.45, 7) is 16.1. The normalized spacial score (nSPS) is 16.7. The maximum absolute atomic E-state index is 12.3. The lowest BCUT2D eigenvalue weighted by Crippen LogP contribution is -2.34. The number of phenolic OH excluding ortho intramolecular Hbond substituents is 1. The molecule has 1 aliphatic heterocycles. The Balaban J connectivity index is 1.87. The van der Waals surface area contributed by atoms with Crippen LogP contribution in [0.25, 0.3) is 6.08 Å². The first-order chi connectivity index (χ1) is 14.0. The summed E-state index contributed by atoms with van der Waals surface area (Å²) in [4.78, 5) is 14.1. The number of carbonyl (C=O) groups is 1. The number of rotatable bonds is 8. The second-order valence-corrected chi connectivity index (χ2v) is 10.7. The molecule has 1 amide bonds. The highest BCUT2D eigenvalue weighted by Gasteiger charge is 2.29. The van der Waals surface area contributed by atoms with Gasteiger partial charge in [0.25, 0.3) is 0 Å². The van der Waals surface area contributed by atoms with Gasteiger partial charge in [0.1, 0.15) is 11.5 Å². The maximum atomic E-state index is 12.3. The first-order valence-corrected chi connectivity index (χ1v) is 11.4. The highest BCUT2D eigenvalue weighted by atomic mass is 16.5. The number of ether oxygens (including phenoxy) is 1. The second-order valence-electron chi connectivity index (χ2n) is 10.7. The van der Waals surface area contributed by atoms with Crippen molar-refractivity contribution in [2.24, 2.45) is 16.7 Å². The molecule has 0 saturated carbocycles. The third-order valence-corrected chi connectivity index (χ3v) is 6.34. The average Bonchev–Trinajstić information content (AvgIpc) is 2.66. The molecule has 2 rings (SSSR count). The van der Waals surface area contributed by atoms with Gasteiger partial charge in [0.2, 0.25) is 5.91 Å². The van der Waals surface area contributed by atoms with Crippen LogP contribution in [0.15, 0.2) is 24.3 Å². The Morgan fingerprint density at radius 1 is 1.17 bits per heavy atom. The third kappa shape index (κ3) is 7.70. The number of aromatic hydroxyl groups is 1. The smallest absolute Gasteiger partial charge is 0.246 e. The molecule has 1 aromatic carbocycles. The van der Waals surface area contributed by atoms with Crippen LogP contribution < -0.4 is 4.74 Å². The van der Waals surface area contributed by atoms with Crippen molar-refractivity contribution in [1.82, 2.24) is 4.90 Å². The highest BCUT2D eigenvalue weighted by molar-refractivity contribution is 5.92. The Labute approximate surface area is 183 Å². The zero-order chi connectivity index (χ0) is 22.4. The van der Waals surface area contributed by atoms with Crippen LogP contribution in [0.5, 0.6) is 11.5 Å². The molecule has 168 valence electrons. The van der Waals surface area contributed by atoms with E-state index >= 15 is 0 Å². The molecule has 1 atom stereocenters. The second kappa shape index (κ2) is 10.4. The number of carbonyl (C=O) groups excluding carboxylic acids is 1. The van der Waals surface area contributed by atoms with E-state index in [4.69, 9.17) is 4.74 Å². The van der Waals surface area contributed by atoms with Gasteiger partial charge in [-0.05, 0) is 67.1 Å². The van der Waals surface area contributed by atoms with Crippen LogP contribution in [0.3, 0.4) is 0 Å². The van der Waals surface area contributed by atoms with Crippen LogP contribution in [-0.2, 0) is 4.79 Å². The van der Waals surface area contributed by atoms with Crippen LogP contribution in [-0.4, -0.2) is 35.6 Å². The van der Waals surface area contributed by atoms with Gasteiger partial charge in [0.05, 0.1) is 6.61 Å². The number of nitrogens with zero attached hydrogens (tertiary/aromatic N) is 1. The van der Waals surface area contributed by atoms with E-state index in [9.17, 15) is 9.90 Å². The van der Waals surface area contributed by atoms with E-state index in [1.807, 2.05) is 11.0 Å². The standard InChI is InChI=1S/C26H41NO3/c1-20(19-25(2,3)4)26(5,6)14-17-30-22-12-10-21(23(28)18-22)11-13-24(29)27-15-8-7-9-16-27/h10-13,18,20,28H,7-9,14-17,19H2,1-6H3/b13-11+. The molecule has 1 N–H and O–H groups in total. The molecule has 30 heavy (non-hydrogen) atoms. The topological polar surface area (TPSA) is 49.8 Å². The lowest BCUT2D eigenvalue weighted by Gasteiger charge is -2.36. The predicted octanol–water partition coefficient (Wildman–Crippen LogP) is 6.29. The first kappa shape index (κ1) is 24.3. The maximum Gasteiger partial charge on any atom is 0.246 e. The van der Waals surface area contributed by atoms with E-state index < -0.39 is 0 Å². The van der Waals surface area contributed by atoms with E-state index in [2.05, 4.69) is 41.5 Å². The summed E-state index contributed by atoms with van der Waals surface area (Å²) in [5.74, 6) is 1.40. The summed E-state index contributed by atoms with van der Waals surface area (Å²) in [5.41, 5.74) is 1.14. The Morgan fingerprint density at radius 3 is 2.43 bits per heavy atom. The Kier molecular flexibility index (Phi) is 8.40. The molecule has 1 aromatic rings. The number of hydrogen-bond donors (Lipinski definition) is 1. The van der Waals surface area contributed by atoms with E-state index in [1.54, 1.807) is 24.3 Å². The molecule has 1 fully saturated rings. The predicted molar refractivity (Wildman–Crippen MR) is 125 cm³/mol. The summed E-state index contributed by atoms with van der Waals surface area (Å²) >= 11 is 0. The van der Waals surface area contributed by atoms with Crippen molar-refractivity contribution in [1.29, 1.82) is 0 Å². The van der Waals surface area contributed by atoms with Crippen molar-refractivity contribution in [3.05, 3.63) is 29.8 Å². The molecule has 0 aromatic heterocycles. The van der Waals surface area contributed by atoms with Crippen LogP contribution in [0.4, 0.5) is 0 Å². The zero-order valence-electron chi connectivity index (χ0n) is 19.8. The lowest BCUT2D eigenvalue weighted by atomic mass is 9.70. The lowest BCUT2D eigenvalue weighted by molar-refractivity contribution is -0.126. The van der Waals surface area contributed by atoms with Crippen LogP contribution in [0.2, 0.25) is 0 Å². The van der Waals surface area contributed by atoms with Gasteiger partial charge >= 0.3 is 0 Å². The van der Waals surface area contributed by atoms with Crippen LogP contribution in [0, 0.1) is 16.7 Å². The number of amides is 1. The molecule has 0 spiro atoms. The van der Waals surface area contributed by atoms with Crippen molar-refractivity contribution in [3.8, 4) is 11.5 Å². The van der Waals surface area contributed by atoms with Crippen molar-refractivity contribution in [2.45, 2.75) is 73.6 Å². The van der Waals surface area contributed by atoms with Gasteiger partial charge in [0, 0.05) is 30.8 Å². The molecule has 4 nitrogen and oxygen atoms in total. The van der Waals surface area contributed by atoms with Crippen molar-refractivity contribution in [2.75, 3.05) is 19.7 Å². The van der Waals surface area contributed by atoms with E-state index in [0.717, 1.165) is 32.4 Å². The Bertz CT molecular complexity index is 724. The average molecular weight is 416 g/mol. The van der Waals surface area contributed by atoms with Crippen molar-refractivity contribution < 1.29 is 14.6 Å². The zero-order valence-corrected chi connectivity index (χ0v) is 19.8. The van der Waals surface area contributed by atoms with Gasteiger partial charge in [-0.1, -0.05) is 41.5 Å². The minimum absolute atomic E-state index is 0.0148. The number of hydrogen-bond acceptors (Lipinski definition) is 3. The summed E-state index contributed by atoms with van der Waals surface area (Å²) in [6, 6.07) is 5.30.